The number of anilines is 3. The van der Waals surface area contributed by atoms with Crippen molar-refractivity contribution in [3.63, 3.8) is 0 Å². The molecule has 0 fully saturated rings. The number of hydrogen-bond acceptors (Lipinski definition) is 9. The van der Waals surface area contributed by atoms with E-state index in [-0.39, 0.29) is 29.8 Å². The van der Waals surface area contributed by atoms with E-state index in [1.165, 1.54) is 0 Å². The quantitative estimate of drug-likeness (QED) is 0.189. The minimum Gasteiger partial charge on any atom is -0.493 e. The number of rotatable bonds is 6. The number of hydrogen-bond donors (Lipinski definition) is 3. The average molecular weight is 729 g/mol. The van der Waals surface area contributed by atoms with E-state index in [1.807, 2.05) is 24.3 Å². The highest BCUT2D eigenvalue weighted by Gasteiger charge is 2.29. The summed E-state index contributed by atoms with van der Waals surface area (Å²) in [5.41, 5.74) is 1.57. The van der Waals surface area contributed by atoms with E-state index in [9.17, 15) is 18.0 Å². The Kier molecular flexibility index (Phi) is 11.7. The number of carbonyl (C=O) groups excluding carboxylic acids is 1. The van der Waals surface area contributed by atoms with Crippen LogP contribution in [0.25, 0.3) is 0 Å². The Labute approximate surface area is 268 Å². The van der Waals surface area contributed by atoms with Gasteiger partial charge in [-0.3, -0.25) is 4.79 Å². The van der Waals surface area contributed by atoms with Crippen molar-refractivity contribution in [2.45, 2.75) is 52.3 Å². The molecule has 2 aromatic carbocycles. The zero-order valence-electron chi connectivity index (χ0n) is 24.6. The highest BCUT2D eigenvalue weighted by atomic mass is 127. The monoisotopic (exact) mass is 728 g/mol. The van der Waals surface area contributed by atoms with Gasteiger partial charge in [-0.2, -0.15) is 28.1 Å². The third-order valence-corrected chi connectivity index (χ3v) is 8.58. The van der Waals surface area contributed by atoms with Crippen LogP contribution in [0.4, 0.5) is 30.8 Å². The van der Waals surface area contributed by atoms with E-state index in [2.05, 4.69) is 67.3 Å². The second kappa shape index (κ2) is 15.4. The van der Waals surface area contributed by atoms with Crippen molar-refractivity contribution in [2.24, 2.45) is 5.41 Å². The lowest BCUT2D eigenvalue weighted by molar-refractivity contribution is -0.154. The summed E-state index contributed by atoms with van der Waals surface area (Å²) in [5, 5.41) is 9.00. The molecule has 1 aromatic heterocycles. The Morgan fingerprint density at radius 1 is 0.977 bits per heavy atom. The van der Waals surface area contributed by atoms with Crippen LogP contribution < -0.4 is 30.2 Å². The molecule has 0 saturated heterocycles. The molecule has 0 aliphatic carbocycles. The molecule has 238 valence electrons. The summed E-state index contributed by atoms with van der Waals surface area (Å²) in [4.78, 5) is 25.5. The highest BCUT2D eigenvalue weighted by molar-refractivity contribution is 14.1. The van der Waals surface area contributed by atoms with Crippen molar-refractivity contribution in [1.82, 2.24) is 20.3 Å². The summed E-state index contributed by atoms with van der Waals surface area (Å²) in [6, 6.07) is 11.9. The van der Waals surface area contributed by atoms with Crippen molar-refractivity contribution < 1.29 is 32.2 Å². The van der Waals surface area contributed by atoms with Gasteiger partial charge in [-0.25, -0.2) is 0 Å². The van der Waals surface area contributed by atoms with Crippen molar-refractivity contribution >= 4 is 46.1 Å². The van der Waals surface area contributed by atoms with Gasteiger partial charge in [0, 0.05) is 34.8 Å². The van der Waals surface area contributed by atoms with Crippen LogP contribution in [0.1, 0.15) is 55.5 Å². The van der Waals surface area contributed by atoms with Crippen molar-refractivity contribution in [1.29, 1.82) is 0 Å². The van der Waals surface area contributed by atoms with Gasteiger partial charge in [-0.15, -0.1) is 0 Å². The molecule has 10 nitrogen and oxygen atoms in total. The molecular formula is C30H36F3IN6O4. The Balaban J connectivity index is 1.64. The van der Waals surface area contributed by atoms with Crippen LogP contribution in [0.15, 0.2) is 42.5 Å². The summed E-state index contributed by atoms with van der Waals surface area (Å²) < 4.78 is 56.5. The number of amides is 1. The van der Waals surface area contributed by atoms with Crippen LogP contribution in [-0.2, 0) is 6.54 Å². The molecule has 14 heteroatoms. The van der Waals surface area contributed by atoms with Gasteiger partial charge in [0.2, 0.25) is 11.9 Å². The largest absolute Gasteiger partial charge is 0.493 e. The topological polar surface area (TPSA) is 120 Å². The lowest BCUT2D eigenvalue weighted by Gasteiger charge is -2.22. The first-order valence-corrected chi connectivity index (χ1v) is 15.8. The third kappa shape index (κ3) is 10.6. The Bertz CT molecular complexity index is 1410. The van der Waals surface area contributed by atoms with E-state index in [1.54, 1.807) is 18.2 Å². The van der Waals surface area contributed by atoms with Crippen LogP contribution in [0.5, 0.6) is 17.5 Å². The molecule has 44 heavy (non-hydrogen) atoms. The molecule has 0 radical (unpaired) electrons. The molecule has 3 N–H and O–H groups in total. The van der Waals surface area contributed by atoms with Crippen molar-refractivity contribution in [3.8, 4) is 17.5 Å². The van der Waals surface area contributed by atoms with Gasteiger partial charge < -0.3 is 30.2 Å². The summed E-state index contributed by atoms with van der Waals surface area (Å²) in [6.45, 7) is 4.21. The number of carbonyl (C=O) groups is 1. The fraction of sp³-hybridized carbons (Fsp3) is 0.467. The Morgan fingerprint density at radius 3 is 2.41 bits per heavy atom. The first-order chi connectivity index (χ1) is 21.0. The smallest absolute Gasteiger partial charge is 0.422 e. The zero-order chi connectivity index (χ0) is 31.6. The molecule has 2 heterocycles. The molecule has 3 aromatic rings. The van der Waals surface area contributed by atoms with Crippen molar-refractivity contribution in [2.75, 3.05) is 41.4 Å². The van der Waals surface area contributed by atoms with Gasteiger partial charge in [0.1, 0.15) is 11.5 Å². The predicted octanol–water partition coefficient (Wildman–Crippen LogP) is 6.69. The number of halogens is 4. The van der Waals surface area contributed by atoms with Crippen molar-refractivity contribution in [3.05, 3.63) is 53.6 Å². The van der Waals surface area contributed by atoms with Gasteiger partial charge in [0.05, 0.1) is 18.8 Å². The maximum Gasteiger partial charge on any atom is 0.422 e. The Morgan fingerprint density at radius 2 is 1.68 bits per heavy atom. The van der Waals surface area contributed by atoms with Crippen LogP contribution >= 0.6 is 22.6 Å². The van der Waals surface area contributed by atoms with E-state index in [0.29, 0.717) is 42.5 Å². The first-order valence-electron chi connectivity index (χ1n) is 14.3. The standard InChI is InChI=1S/C30H36F3IN6O4/c1-29(2,17-34)18-36-25(41)22-12-11-21-15-24(22)43-14-8-4-3-7-13-42-23-10-6-5-9-20(23)16-35-26-38-27(37-21)40-28(39-26)44-19-30(31,32)33/h5-6,9-12,15H,3-4,7-8,13-14,16-19H2,1-2H3,(H,36,41)(H2,35,37,38,39,40). The van der Waals surface area contributed by atoms with Gasteiger partial charge >= 0.3 is 12.2 Å². The normalized spacial score (nSPS) is 14.6. The molecule has 1 aliphatic heterocycles. The number of nitrogens with one attached hydrogen (secondary N) is 3. The lowest BCUT2D eigenvalue weighted by Crippen LogP contribution is -2.35. The molecular weight excluding hydrogens is 692 g/mol. The summed E-state index contributed by atoms with van der Waals surface area (Å²) in [5.74, 6) is 0.712. The molecule has 0 spiro atoms. The van der Waals surface area contributed by atoms with E-state index < -0.39 is 18.8 Å². The number of ether oxygens (including phenoxy) is 3. The summed E-state index contributed by atoms with van der Waals surface area (Å²) in [7, 11) is 0. The SMILES string of the molecule is CC(C)(CI)CNC(=O)c1ccc2cc1OCCCCCCOc1ccccc1CNc1nc(nc(OCC(F)(F)F)n1)N2. The average Bonchev–Trinajstić information content (AvgIpc) is 2.99. The number of benzene rings is 2. The minimum atomic E-state index is -4.58. The third-order valence-electron chi connectivity index (χ3n) is 6.51. The predicted molar refractivity (Wildman–Crippen MR) is 169 cm³/mol. The van der Waals surface area contributed by atoms with E-state index >= 15 is 0 Å². The maximum absolute atomic E-state index is 13.1. The zero-order valence-corrected chi connectivity index (χ0v) is 26.8. The highest BCUT2D eigenvalue weighted by Crippen LogP contribution is 2.28. The van der Waals surface area contributed by atoms with Crippen LogP contribution in [0.2, 0.25) is 0 Å². The second-order valence-corrected chi connectivity index (χ2v) is 11.8. The van der Waals surface area contributed by atoms with Crippen LogP contribution in [0, 0.1) is 5.41 Å². The summed E-state index contributed by atoms with van der Waals surface area (Å²) >= 11 is 2.29. The van der Waals surface area contributed by atoms with Gasteiger partial charge in [-0.1, -0.05) is 54.6 Å². The number of nitrogens with zero attached hydrogens (tertiary/aromatic N) is 3. The number of aromatic nitrogens is 3. The molecule has 0 atom stereocenters. The number of para-hydroxylation sites is 1. The molecule has 0 saturated carbocycles. The molecule has 1 amide bonds. The van der Waals surface area contributed by atoms with Gasteiger partial charge in [0.25, 0.3) is 5.91 Å². The Hall–Kier alpha value is -3.56. The van der Waals surface area contributed by atoms with Gasteiger partial charge in [0.15, 0.2) is 6.61 Å². The van der Waals surface area contributed by atoms with Crippen LogP contribution in [-0.4, -0.2) is 57.8 Å². The fourth-order valence-corrected chi connectivity index (χ4v) is 4.36. The van der Waals surface area contributed by atoms with E-state index in [0.717, 1.165) is 35.7 Å². The molecule has 0 unspecified atom stereocenters. The second-order valence-electron chi connectivity index (χ2n) is 11.1. The first kappa shape index (κ1) is 33.3. The molecule has 4 rings (SSSR count). The minimum absolute atomic E-state index is 0.00209. The summed E-state index contributed by atoms with van der Waals surface area (Å²) in [6.07, 6.45) is -1.10. The molecule has 4 bridgehead atoms. The molecule has 1 aliphatic rings. The maximum atomic E-state index is 13.1. The van der Waals surface area contributed by atoms with Crippen LogP contribution in [0.3, 0.4) is 0 Å². The number of fused-ring (bicyclic) bond motifs is 5. The van der Waals surface area contributed by atoms with Gasteiger partial charge in [-0.05, 0) is 49.3 Å². The fourth-order valence-electron chi connectivity index (χ4n) is 4.09. The lowest BCUT2D eigenvalue weighted by atomic mass is 9.97. The van der Waals surface area contributed by atoms with E-state index in [4.69, 9.17) is 14.2 Å². The number of alkyl halides is 4.